The van der Waals surface area contributed by atoms with E-state index in [9.17, 15) is 4.39 Å². The van der Waals surface area contributed by atoms with Crippen molar-refractivity contribution >= 4 is 0 Å². The standard InChI is InChI=1S/C17H29FN2/c1-6-20(14(4)5)12-16-9-15(7-8-17(16)18)11-19-10-13(2)3/h7-9,13-14,19H,6,10-12H2,1-5H3. The first kappa shape index (κ1) is 17.1. The Kier molecular flexibility index (Phi) is 7.17. The maximum Gasteiger partial charge on any atom is 0.127 e. The lowest BCUT2D eigenvalue weighted by molar-refractivity contribution is 0.222. The quantitative estimate of drug-likeness (QED) is 0.779. The highest BCUT2D eigenvalue weighted by Gasteiger charge is 2.11. The molecule has 0 heterocycles. The SMILES string of the molecule is CCN(Cc1cc(CNCC(C)C)ccc1F)C(C)C. The van der Waals surface area contributed by atoms with Crippen LogP contribution >= 0.6 is 0 Å². The first-order valence-electron chi connectivity index (χ1n) is 7.66. The molecule has 0 radical (unpaired) electrons. The van der Waals surface area contributed by atoms with Crippen molar-refractivity contribution in [3.8, 4) is 0 Å². The Hall–Kier alpha value is -0.930. The molecule has 0 amide bonds. The molecule has 1 aromatic carbocycles. The fraction of sp³-hybridized carbons (Fsp3) is 0.647. The molecule has 1 aromatic rings. The van der Waals surface area contributed by atoms with Gasteiger partial charge in [-0.3, -0.25) is 4.90 Å². The first-order chi connectivity index (χ1) is 9.43. The summed E-state index contributed by atoms with van der Waals surface area (Å²) in [4.78, 5) is 2.27. The normalized spacial score (nSPS) is 11.8. The molecule has 0 aliphatic carbocycles. The van der Waals surface area contributed by atoms with Crippen LogP contribution in [0.3, 0.4) is 0 Å². The van der Waals surface area contributed by atoms with Crippen LogP contribution < -0.4 is 5.32 Å². The predicted octanol–water partition coefficient (Wildman–Crippen LogP) is 3.80. The number of nitrogens with zero attached hydrogens (tertiary/aromatic N) is 1. The summed E-state index contributed by atoms with van der Waals surface area (Å²) in [5.41, 5.74) is 1.95. The van der Waals surface area contributed by atoms with Gasteiger partial charge in [-0.05, 0) is 44.5 Å². The van der Waals surface area contributed by atoms with Crippen molar-refractivity contribution in [1.82, 2.24) is 10.2 Å². The molecule has 0 fully saturated rings. The average Bonchev–Trinajstić information content (AvgIpc) is 2.38. The maximum atomic E-state index is 13.9. The lowest BCUT2D eigenvalue weighted by atomic mass is 10.1. The molecule has 0 bridgehead atoms. The van der Waals surface area contributed by atoms with Crippen molar-refractivity contribution in [3.05, 3.63) is 35.1 Å². The van der Waals surface area contributed by atoms with E-state index < -0.39 is 0 Å². The van der Waals surface area contributed by atoms with Gasteiger partial charge >= 0.3 is 0 Å². The predicted molar refractivity (Wildman–Crippen MR) is 84.2 cm³/mol. The van der Waals surface area contributed by atoms with Crippen molar-refractivity contribution in [2.45, 2.75) is 53.8 Å². The molecule has 114 valence electrons. The summed E-state index contributed by atoms with van der Waals surface area (Å²) in [6, 6.07) is 5.89. The lowest BCUT2D eigenvalue weighted by Crippen LogP contribution is -2.30. The Morgan fingerprint density at radius 3 is 2.45 bits per heavy atom. The van der Waals surface area contributed by atoms with Crippen molar-refractivity contribution in [2.24, 2.45) is 5.92 Å². The number of hydrogen-bond donors (Lipinski definition) is 1. The second-order valence-electron chi connectivity index (χ2n) is 6.11. The minimum Gasteiger partial charge on any atom is -0.312 e. The molecular formula is C17H29FN2. The van der Waals surface area contributed by atoms with Crippen molar-refractivity contribution in [1.29, 1.82) is 0 Å². The average molecular weight is 280 g/mol. The highest BCUT2D eigenvalue weighted by atomic mass is 19.1. The number of nitrogens with one attached hydrogen (secondary N) is 1. The summed E-state index contributed by atoms with van der Waals surface area (Å²) in [5.74, 6) is 0.531. The van der Waals surface area contributed by atoms with Crippen LogP contribution in [0.5, 0.6) is 0 Å². The molecule has 0 atom stereocenters. The van der Waals surface area contributed by atoms with Gasteiger partial charge in [0.2, 0.25) is 0 Å². The third-order valence-electron chi connectivity index (χ3n) is 3.50. The van der Waals surface area contributed by atoms with Crippen molar-refractivity contribution < 1.29 is 4.39 Å². The first-order valence-corrected chi connectivity index (χ1v) is 7.66. The van der Waals surface area contributed by atoms with Crippen LogP contribution in [0, 0.1) is 11.7 Å². The zero-order valence-corrected chi connectivity index (χ0v) is 13.5. The molecule has 0 aromatic heterocycles. The molecule has 20 heavy (non-hydrogen) atoms. The smallest absolute Gasteiger partial charge is 0.127 e. The van der Waals surface area contributed by atoms with E-state index in [-0.39, 0.29) is 5.82 Å². The Bertz CT molecular complexity index is 402. The zero-order chi connectivity index (χ0) is 15.1. The minimum absolute atomic E-state index is 0.100. The van der Waals surface area contributed by atoms with Crippen molar-refractivity contribution in [2.75, 3.05) is 13.1 Å². The fourth-order valence-corrected chi connectivity index (χ4v) is 2.24. The summed E-state index contributed by atoms with van der Waals surface area (Å²) in [7, 11) is 0. The molecule has 0 saturated heterocycles. The fourth-order valence-electron chi connectivity index (χ4n) is 2.24. The minimum atomic E-state index is -0.100. The van der Waals surface area contributed by atoms with Crippen LogP contribution in [0.4, 0.5) is 4.39 Å². The Morgan fingerprint density at radius 1 is 1.20 bits per heavy atom. The maximum absolute atomic E-state index is 13.9. The van der Waals surface area contributed by atoms with E-state index in [1.807, 2.05) is 12.1 Å². The summed E-state index contributed by atoms with van der Waals surface area (Å²) in [6.07, 6.45) is 0. The van der Waals surface area contributed by atoms with Gasteiger partial charge in [0, 0.05) is 24.7 Å². The number of halogens is 1. The summed E-state index contributed by atoms with van der Waals surface area (Å²) < 4.78 is 13.9. The van der Waals surface area contributed by atoms with Gasteiger partial charge in [-0.25, -0.2) is 4.39 Å². The van der Waals surface area contributed by atoms with Gasteiger partial charge < -0.3 is 5.32 Å². The Labute approximate surface area is 123 Å². The van der Waals surface area contributed by atoms with Crippen LogP contribution in [0.25, 0.3) is 0 Å². The second kappa shape index (κ2) is 8.38. The largest absolute Gasteiger partial charge is 0.312 e. The van der Waals surface area contributed by atoms with Gasteiger partial charge in [-0.15, -0.1) is 0 Å². The van der Waals surface area contributed by atoms with E-state index in [1.165, 1.54) is 0 Å². The number of hydrogen-bond acceptors (Lipinski definition) is 2. The second-order valence-corrected chi connectivity index (χ2v) is 6.11. The highest BCUT2D eigenvalue weighted by molar-refractivity contribution is 5.25. The van der Waals surface area contributed by atoms with Gasteiger partial charge in [0.15, 0.2) is 0 Å². The van der Waals surface area contributed by atoms with Crippen LogP contribution in [0.15, 0.2) is 18.2 Å². The summed E-state index contributed by atoms with van der Waals surface area (Å²) in [6.45, 7) is 14.2. The van der Waals surface area contributed by atoms with Crippen molar-refractivity contribution in [3.63, 3.8) is 0 Å². The van der Waals surface area contributed by atoms with E-state index >= 15 is 0 Å². The highest BCUT2D eigenvalue weighted by Crippen LogP contribution is 2.15. The van der Waals surface area contributed by atoms with Gasteiger partial charge in [0.05, 0.1) is 0 Å². The monoisotopic (exact) mass is 280 g/mol. The molecular weight excluding hydrogens is 251 g/mol. The summed E-state index contributed by atoms with van der Waals surface area (Å²) in [5, 5.41) is 3.40. The zero-order valence-electron chi connectivity index (χ0n) is 13.5. The van der Waals surface area contributed by atoms with Crippen LogP contribution in [0.1, 0.15) is 45.7 Å². The Morgan fingerprint density at radius 2 is 1.90 bits per heavy atom. The van der Waals surface area contributed by atoms with Gasteiger partial charge in [-0.2, -0.15) is 0 Å². The van der Waals surface area contributed by atoms with Gasteiger partial charge in [-0.1, -0.05) is 32.9 Å². The molecule has 0 unspecified atom stereocenters. The molecule has 1 rings (SSSR count). The third-order valence-corrected chi connectivity index (χ3v) is 3.50. The Balaban J connectivity index is 2.70. The molecule has 0 aliphatic heterocycles. The molecule has 3 heteroatoms. The number of benzene rings is 1. The summed E-state index contributed by atoms with van der Waals surface area (Å²) >= 11 is 0. The third kappa shape index (κ3) is 5.59. The molecule has 0 spiro atoms. The molecule has 1 N–H and O–H groups in total. The number of rotatable bonds is 8. The van der Waals surface area contributed by atoms with Gasteiger partial charge in [0.1, 0.15) is 5.82 Å². The van der Waals surface area contributed by atoms with E-state index in [4.69, 9.17) is 0 Å². The van der Waals surface area contributed by atoms with E-state index in [1.54, 1.807) is 6.07 Å². The van der Waals surface area contributed by atoms with Crippen LogP contribution in [0.2, 0.25) is 0 Å². The molecule has 0 aliphatic rings. The lowest BCUT2D eigenvalue weighted by Gasteiger charge is -2.25. The molecule has 0 saturated carbocycles. The van der Waals surface area contributed by atoms with E-state index in [0.717, 1.165) is 30.8 Å². The van der Waals surface area contributed by atoms with E-state index in [0.29, 0.717) is 18.5 Å². The topological polar surface area (TPSA) is 15.3 Å². The molecule has 2 nitrogen and oxygen atoms in total. The van der Waals surface area contributed by atoms with Crippen LogP contribution in [-0.4, -0.2) is 24.0 Å². The van der Waals surface area contributed by atoms with E-state index in [2.05, 4.69) is 44.8 Å². The van der Waals surface area contributed by atoms with Gasteiger partial charge in [0.25, 0.3) is 0 Å². The van der Waals surface area contributed by atoms with Crippen LogP contribution in [-0.2, 0) is 13.1 Å².